The number of carbonyl (C=O) groups is 1. The summed E-state index contributed by atoms with van der Waals surface area (Å²) in [5.74, 6) is -0.294. The molecule has 0 aliphatic carbocycles. The van der Waals surface area contributed by atoms with Crippen LogP contribution in [0.15, 0.2) is 46.0 Å². The Balaban J connectivity index is 1.96. The Morgan fingerprint density at radius 2 is 1.82 bits per heavy atom. The van der Waals surface area contributed by atoms with Crippen LogP contribution in [0.5, 0.6) is 0 Å². The average Bonchev–Trinajstić information content (AvgIpc) is 3.09. The van der Waals surface area contributed by atoms with Crippen molar-refractivity contribution in [1.82, 2.24) is 19.0 Å². The Morgan fingerprint density at radius 1 is 1.11 bits per heavy atom. The lowest BCUT2D eigenvalue weighted by molar-refractivity contribution is 0.0942. The molecule has 8 heteroatoms. The second kappa shape index (κ2) is 8.26. The SMILES string of the molecule is COCCn1c(C(=O)NCCc2ccccc2)cc2c(=O)n(C)c(=O)n(C)c21. The molecule has 1 aromatic carbocycles. The molecule has 28 heavy (non-hydrogen) atoms. The van der Waals surface area contributed by atoms with Crippen molar-refractivity contribution in [2.24, 2.45) is 14.1 Å². The van der Waals surface area contributed by atoms with Gasteiger partial charge in [0.05, 0.1) is 12.0 Å². The third-order valence-corrected chi connectivity index (χ3v) is 4.79. The number of hydrogen-bond acceptors (Lipinski definition) is 4. The molecule has 1 N–H and O–H groups in total. The molecule has 3 aromatic rings. The Bertz CT molecular complexity index is 1110. The smallest absolute Gasteiger partial charge is 0.332 e. The Kier molecular flexibility index (Phi) is 5.79. The lowest BCUT2D eigenvalue weighted by Crippen LogP contribution is -2.37. The second-order valence-electron chi connectivity index (χ2n) is 6.61. The highest BCUT2D eigenvalue weighted by molar-refractivity contribution is 5.97. The van der Waals surface area contributed by atoms with E-state index in [9.17, 15) is 14.4 Å². The van der Waals surface area contributed by atoms with E-state index in [0.29, 0.717) is 42.8 Å². The molecule has 0 atom stereocenters. The normalized spacial score (nSPS) is 11.1. The van der Waals surface area contributed by atoms with Crippen molar-refractivity contribution in [1.29, 1.82) is 0 Å². The number of hydrogen-bond donors (Lipinski definition) is 1. The number of fused-ring (bicyclic) bond motifs is 1. The van der Waals surface area contributed by atoms with Crippen LogP contribution in [0.4, 0.5) is 0 Å². The highest BCUT2D eigenvalue weighted by Gasteiger charge is 2.20. The van der Waals surface area contributed by atoms with Gasteiger partial charge >= 0.3 is 5.69 Å². The molecule has 0 bridgehead atoms. The van der Waals surface area contributed by atoms with E-state index in [0.717, 1.165) is 10.1 Å². The number of carbonyl (C=O) groups excluding carboxylic acids is 1. The number of benzene rings is 1. The molecule has 0 aliphatic rings. The van der Waals surface area contributed by atoms with Crippen molar-refractivity contribution in [2.75, 3.05) is 20.3 Å². The maximum Gasteiger partial charge on any atom is 0.332 e. The van der Waals surface area contributed by atoms with Crippen molar-refractivity contribution in [3.8, 4) is 0 Å². The van der Waals surface area contributed by atoms with E-state index in [1.54, 1.807) is 24.8 Å². The molecular weight excluding hydrogens is 360 g/mol. The summed E-state index contributed by atoms with van der Waals surface area (Å²) in [4.78, 5) is 37.7. The van der Waals surface area contributed by atoms with E-state index < -0.39 is 11.2 Å². The number of aromatic nitrogens is 3. The number of ether oxygens (including phenoxy) is 1. The van der Waals surface area contributed by atoms with Gasteiger partial charge < -0.3 is 14.6 Å². The van der Waals surface area contributed by atoms with Gasteiger partial charge in [0.1, 0.15) is 11.3 Å². The van der Waals surface area contributed by atoms with Gasteiger partial charge in [-0.1, -0.05) is 30.3 Å². The van der Waals surface area contributed by atoms with Crippen molar-refractivity contribution in [3.05, 3.63) is 68.5 Å². The number of amides is 1. The quantitative estimate of drug-likeness (QED) is 0.648. The summed E-state index contributed by atoms with van der Waals surface area (Å²) in [6.07, 6.45) is 0.700. The fraction of sp³-hybridized carbons (Fsp3) is 0.350. The van der Waals surface area contributed by atoms with Crippen LogP contribution in [0, 0.1) is 0 Å². The maximum absolute atomic E-state index is 12.8. The highest BCUT2D eigenvalue weighted by Crippen LogP contribution is 2.16. The molecule has 2 aromatic heterocycles. The van der Waals surface area contributed by atoms with Crippen molar-refractivity contribution in [3.63, 3.8) is 0 Å². The predicted molar refractivity (Wildman–Crippen MR) is 107 cm³/mol. The van der Waals surface area contributed by atoms with Crippen LogP contribution in [0.2, 0.25) is 0 Å². The molecule has 1 amide bonds. The topological polar surface area (TPSA) is 87.3 Å². The van der Waals surface area contributed by atoms with Gasteiger partial charge in [-0.3, -0.25) is 18.7 Å². The van der Waals surface area contributed by atoms with E-state index in [2.05, 4.69) is 5.32 Å². The molecule has 0 unspecified atom stereocenters. The molecule has 0 spiro atoms. The van der Waals surface area contributed by atoms with E-state index in [1.807, 2.05) is 30.3 Å². The molecule has 0 saturated heterocycles. The standard InChI is InChI=1S/C20H24N4O4/c1-22-18-15(19(26)23(2)20(22)27)13-16(24(18)11-12-28-3)17(25)21-10-9-14-7-5-4-6-8-14/h4-8,13H,9-12H2,1-3H3,(H,21,25). The third-order valence-electron chi connectivity index (χ3n) is 4.79. The van der Waals surface area contributed by atoms with Gasteiger partial charge in [0.2, 0.25) is 0 Å². The first kappa shape index (κ1) is 19.6. The summed E-state index contributed by atoms with van der Waals surface area (Å²) in [5, 5.41) is 3.22. The summed E-state index contributed by atoms with van der Waals surface area (Å²) >= 11 is 0. The minimum atomic E-state index is -0.440. The molecule has 2 heterocycles. The van der Waals surface area contributed by atoms with Gasteiger partial charge in [-0.15, -0.1) is 0 Å². The fourth-order valence-electron chi connectivity index (χ4n) is 3.29. The van der Waals surface area contributed by atoms with Gasteiger partial charge in [0.25, 0.3) is 11.5 Å². The third kappa shape index (κ3) is 3.63. The molecule has 0 radical (unpaired) electrons. The Labute approximate surface area is 162 Å². The van der Waals surface area contributed by atoms with Gasteiger partial charge in [-0.2, -0.15) is 0 Å². The summed E-state index contributed by atoms with van der Waals surface area (Å²) in [6, 6.07) is 11.4. The molecule has 148 valence electrons. The lowest BCUT2D eigenvalue weighted by atomic mass is 10.1. The van der Waals surface area contributed by atoms with Crippen LogP contribution in [0.3, 0.4) is 0 Å². The minimum absolute atomic E-state index is 0.294. The zero-order valence-corrected chi connectivity index (χ0v) is 16.3. The number of aryl methyl sites for hydroxylation is 1. The molecule has 0 aliphatic heterocycles. The molecular formula is C20H24N4O4. The maximum atomic E-state index is 12.8. The molecule has 0 fully saturated rings. The van der Waals surface area contributed by atoms with Crippen LogP contribution in [-0.2, 0) is 31.8 Å². The van der Waals surface area contributed by atoms with Crippen LogP contribution in [0.1, 0.15) is 16.1 Å². The monoisotopic (exact) mass is 384 g/mol. The lowest BCUT2D eigenvalue weighted by Gasteiger charge is -2.13. The summed E-state index contributed by atoms with van der Waals surface area (Å²) in [5.41, 5.74) is 1.01. The summed E-state index contributed by atoms with van der Waals surface area (Å²) in [6.45, 7) is 1.16. The largest absolute Gasteiger partial charge is 0.383 e. The minimum Gasteiger partial charge on any atom is -0.383 e. The Hall–Kier alpha value is -3.13. The zero-order chi connectivity index (χ0) is 20.3. The van der Waals surface area contributed by atoms with Crippen LogP contribution < -0.4 is 16.6 Å². The van der Waals surface area contributed by atoms with Gasteiger partial charge in [0, 0.05) is 34.3 Å². The van der Waals surface area contributed by atoms with E-state index in [4.69, 9.17) is 4.74 Å². The number of methoxy groups -OCH3 is 1. The van der Waals surface area contributed by atoms with Gasteiger partial charge in [-0.05, 0) is 18.1 Å². The first-order chi connectivity index (χ1) is 13.5. The van der Waals surface area contributed by atoms with Crippen molar-refractivity contribution in [2.45, 2.75) is 13.0 Å². The van der Waals surface area contributed by atoms with E-state index in [1.165, 1.54) is 11.6 Å². The number of nitrogens with one attached hydrogen (secondary N) is 1. The van der Waals surface area contributed by atoms with Crippen LogP contribution in [-0.4, -0.2) is 39.9 Å². The number of rotatable bonds is 7. The van der Waals surface area contributed by atoms with Crippen LogP contribution >= 0.6 is 0 Å². The van der Waals surface area contributed by atoms with Gasteiger partial charge in [-0.25, -0.2) is 4.79 Å². The average molecular weight is 384 g/mol. The van der Waals surface area contributed by atoms with Crippen molar-refractivity contribution < 1.29 is 9.53 Å². The highest BCUT2D eigenvalue weighted by atomic mass is 16.5. The summed E-state index contributed by atoms with van der Waals surface area (Å²) < 4.78 is 9.23. The van der Waals surface area contributed by atoms with Crippen LogP contribution in [0.25, 0.3) is 11.0 Å². The molecule has 0 saturated carbocycles. The first-order valence-corrected chi connectivity index (χ1v) is 9.06. The van der Waals surface area contributed by atoms with E-state index in [-0.39, 0.29) is 5.91 Å². The summed E-state index contributed by atoms with van der Waals surface area (Å²) in [7, 11) is 4.57. The fourth-order valence-corrected chi connectivity index (χ4v) is 3.29. The van der Waals surface area contributed by atoms with Gasteiger partial charge in [0.15, 0.2) is 0 Å². The van der Waals surface area contributed by atoms with Crippen molar-refractivity contribution >= 4 is 16.9 Å². The van der Waals surface area contributed by atoms with E-state index >= 15 is 0 Å². The first-order valence-electron chi connectivity index (χ1n) is 9.06. The second-order valence-corrected chi connectivity index (χ2v) is 6.61. The Morgan fingerprint density at radius 3 is 2.50 bits per heavy atom. The molecule has 3 rings (SSSR count). The molecule has 8 nitrogen and oxygen atoms in total. The predicted octanol–water partition coefficient (Wildman–Crippen LogP) is 0.658. The zero-order valence-electron chi connectivity index (χ0n) is 16.3. The number of nitrogens with zero attached hydrogens (tertiary/aromatic N) is 3.